The van der Waals surface area contributed by atoms with Crippen LogP contribution < -0.4 is 4.74 Å². The highest BCUT2D eigenvalue weighted by Crippen LogP contribution is 2.43. The average Bonchev–Trinajstić information content (AvgIpc) is 3.49. The number of allylic oxidation sites excluding steroid dienone is 3. The van der Waals surface area contributed by atoms with Gasteiger partial charge in [0, 0.05) is 5.56 Å². The van der Waals surface area contributed by atoms with Crippen molar-refractivity contribution in [2.75, 3.05) is 13.2 Å². The van der Waals surface area contributed by atoms with Gasteiger partial charge in [-0.05, 0) is 93.2 Å². The van der Waals surface area contributed by atoms with Crippen LogP contribution in [-0.4, -0.2) is 25.0 Å². The highest BCUT2D eigenvalue weighted by Gasteiger charge is 2.40. The summed E-state index contributed by atoms with van der Waals surface area (Å²) >= 11 is 0. The Labute approximate surface area is 202 Å². The number of esters is 1. The van der Waals surface area contributed by atoms with Gasteiger partial charge in [0.05, 0.1) is 19.1 Å². The van der Waals surface area contributed by atoms with Gasteiger partial charge in [-0.2, -0.15) is 0 Å². The number of unbranched alkanes of at least 4 members (excludes halogenated alkanes) is 3. The molecule has 2 aliphatic rings. The van der Waals surface area contributed by atoms with Gasteiger partial charge >= 0.3 is 5.97 Å². The van der Waals surface area contributed by atoms with Crippen LogP contribution in [0.1, 0.15) is 60.0 Å². The molecule has 34 heavy (non-hydrogen) atoms. The maximum atomic E-state index is 12.4. The van der Waals surface area contributed by atoms with Crippen molar-refractivity contribution in [3.05, 3.63) is 83.4 Å². The fourth-order valence-electron chi connectivity index (χ4n) is 4.74. The number of ketones is 1. The lowest BCUT2D eigenvalue weighted by Crippen LogP contribution is -2.22. The predicted octanol–water partition coefficient (Wildman–Crippen LogP) is 6.59. The van der Waals surface area contributed by atoms with Gasteiger partial charge in [-0.15, -0.1) is 0 Å². The normalized spacial score (nSPS) is 20.7. The van der Waals surface area contributed by atoms with E-state index in [1.807, 2.05) is 49.4 Å². The van der Waals surface area contributed by atoms with Crippen LogP contribution in [0.2, 0.25) is 0 Å². The SMILES string of the molecule is Cc1ccc(/C=C/C(=O)c2ccc(OCCCCCCOC(=O)C3CC4C=CC3C4)cc2)cc1. The van der Waals surface area contributed by atoms with E-state index in [0.717, 1.165) is 49.8 Å². The van der Waals surface area contributed by atoms with Crippen molar-refractivity contribution >= 4 is 17.8 Å². The molecule has 0 amide bonds. The first-order chi connectivity index (χ1) is 16.6. The number of ether oxygens (including phenoxy) is 2. The molecule has 1 fully saturated rings. The van der Waals surface area contributed by atoms with E-state index in [1.165, 1.54) is 5.56 Å². The Balaban J connectivity index is 1.06. The van der Waals surface area contributed by atoms with Crippen molar-refractivity contribution in [3.63, 3.8) is 0 Å². The van der Waals surface area contributed by atoms with Gasteiger partial charge < -0.3 is 9.47 Å². The number of carbonyl (C=O) groups excluding carboxylic acids is 2. The van der Waals surface area contributed by atoms with E-state index in [2.05, 4.69) is 12.2 Å². The van der Waals surface area contributed by atoms with Crippen LogP contribution in [0, 0.1) is 24.7 Å². The van der Waals surface area contributed by atoms with Gasteiger partial charge in [0.1, 0.15) is 5.75 Å². The molecule has 4 rings (SSSR count). The van der Waals surface area contributed by atoms with Crippen molar-refractivity contribution < 1.29 is 19.1 Å². The van der Waals surface area contributed by atoms with Gasteiger partial charge in [0.25, 0.3) is 0 Å². The van der Waals surface area contributed by atoms with Crippen LogP contribution in [0.15, 0.2) is 66.8 Å². The molecule has 3 unspecified atom stereocenters. The minimum Gasteiger partial charge on any atom is -0.494 e. The highest BCUT2D eigenvalue weighted by molar-refractivity contribution is 6.06. The number of aryl methyl sites for hydroxylation is 1. The fourth-order valence-corrected chi connectivity index (χ4v) is 4.74. The topological polar surface area (TPSA) is 52.6 Å². The van der Waals surface area contributed by atoms with Gasteiger partial charge in [-0.3, -0.25) is 9.59 Å². The molecule has 178 valence electrons. The molecule has 0 radical (unpaired) electrons. The molecule has 4 nitrogen and oxygen atoms in total. The number of benzene rings is 2. The number of hydrogen-bond donors (Lipinski definition) is 0. The van der Waals surface area contributed by atoms with E-state index in [0.29, 0.717) is 30.6 Å². The number of hydrogen-bond acceptors (Lipinski definition) is 4. The first-order valence-electron chi connectivity index (χ1n) is 12.5. The Bertz CT molecular complexity index is 1020. The zero-order chi connectivity index (χ0) is 23.8. The first kappa shape index (κ1) is 24.0. The smallest absolute Gasteiger partial charge is 0.309 e. The third-order valence-corrected chi connectivity index (χ3v) is 6.78. The number of carbonyl (C=O) groups is 2. The van der Waals surface area contributed by atoms with E-state index in [4.69, 9.17) is 9.47 Å². The summed E-state index contributed by atoms with van der Waals surface area (Å²) in [7, 11) is 0. The van der Waals surface area contributed by atoms with Crippen LogP contribution >= 0.6 is 0 Å². The van der Waals surface area contributed by atoms with E-state index in [9.17, 15) is 9.59 Å². The molecule has 3 atom stereocenters. The summed E-state index contributed by atoms with van der Waals surface area (Å²) in [4.78, 5) is 24.6. The molecule has 0 N–H and O–H groups in total. The summed E-state index contributed by atoms with van der Waals surface area (Å²) in [6.07, 6.45) is 13.9. The molecule has 0 saturated heterocycles. The standard InChI is InChI=1S/C30H34O4/c1-22-6-8-23(9-7-22)11-17-29(31)25-13-15-27(16-14-25)33-18-4-2-3-5-19-34-30(32)28-21-24-10-12-26(28)20-24/h6-17,24,26,28H,2-5,18-21H2,1H3/b17-11+. The maximum Gasteiger partial charge on any atom is 0.309 e. The van der Waals surface area contributed by atoms with Gasteiger partial charge in [-0.1, -0.05) is 48.1 Å². The Morgan fingerprint density at radius 3 is 2.29 bits per heavy atom. The zero-order valence-corrected chi connectivity index (χ0v) is 20.0. The third-order valence-electron chi connectivity index (χ3n) is 6.78. The largest absolute Gasteiger partial charge is 0.494 e. The Kier molecular flexibility index (Phi) is 8.35. The zero-order valence-electron chi connectivity index (χ0n) is 20.0. The average molecular weight is 459 g/mol. The minimum absolute atomic E-state index is 0.00671. The fraction of sp³-hybridized carbons (Fsp3) is 0.400. The van der Waals surface area contributed by atoms with Crippen LogP contribution in [0.25, 0.3) is 6.08 Å². The van der Waals surface area contributed by atoms with Crippen molar-refractivity contribution in [1.82, 2.24) is 0 Å². The summed E-state index contributed by atoms with van der Waals surface area (Å²) in [5.74, 6) is 1.84. The molecule has 2 bridgehead atoms. The Morgan fingerprint density at radius 2 is 1.62 bits per heavy atom. The second kappa shape index (κ2) is 11.8. The molecule has 2 aromatic rings. The molecular formula is C30H34O4. The van der Waals surface area contributed by atoms with Crippen molar-refractivity contribution in [1.29, 1.82) is 0 Å². The molecular weight excluding hydrogens is 424 g/mol. The number of rotatable bonds is 12. The summed E-state index contributed by atoms with van der Waals surface area (Å²) in [5.41, 5.74) is 2.85. The predicted molar refractivity (Wildman–Crippen MR) is 135 cm³/mol. The molecule has 4 heteroatoms. The lowest BCUT2D eigenvalue weighted by molar-refractivity contribution is -0.149. The molecule has 0 aromatic heterocycles. The lowest BCUT2D eigenvalue weighted by atomic mass is 9.94. The quantitative estimate of drug-likeness (QED) is 0.118. The second-order valence-corrected chi connectivity index (χ2v) is 9.45. The number of fused-ring (bicyclic) bond motifs is 2. The highest BCUT2D eigenvalue weighted by atomic mass is 16.5. The van der Waals surface area contributed by atoms with Crippen LogP contribution in [0.5, 0.6) is 5.75 Å². The van der Waals surface area contributed by atoms with E-state index < -0.39 is 0 Å². The van der Waals surface area contributed by atoms with Crippen molar-refractivity contribution in [2.24, 2.45) is 17.8 Å². The van der Waals surface area contributed by atoms with Crippen LogP contribution in [-0.2, 0) is 9.53 Å². The molecule has 0 spiro atoms. The van der Waals surface area contributed by atoms with Crippen molar-refractivity contribution in [2.45, 2.75) is 45.4 Å². The first-order valence-corrected chi connectivity index (χ1v) is 12.5. The molecule has 1 saturated carbocycles. The molecule has 2 aromatic carbocycles. The van der Waals surface area contributed by atoms with Crippen LogP contribution in [0.3, 0.4) is 0 Å². The Hall–Kier alpha value is -3.14. The van der Waals surface area contributed by atoms with Crippen LogP contribution in [0.4, 0.5) is 0 Å². The van der Waals surface area contributed by atoms with Gasteiger partial charge in [0.15, 0.2) is 5.78 Å². The maximum absolute atomic E-state index is 12.4. The van der Waals surface area contributed by atoms with E-state index in [-0.39, 0.29) is 17.7 Å². The van der Waals surface area contributed by atoms with E-state index >= 15 is 0 Å². The lowest BCUT2D eigenvalue weighted by Gasteiger charge is -2.16. The summed E-state index contributed by atoms with van der Waals surface area (Å²) in [6.45, 7) is 3.20. The monoisotopic (exact) mass is 458 g/mol. The molecule has 0 aliphatic heterocycles. The minimum atomic E-state index is -0.0234. The molecule has 2 aliphatic carbocycles. The van der Waals surface area contributed by atoms with Gasteiger partial charge in [0.2, 0.25) is 0 Å². The van der Waals surface area contributed by atoms with Gasteiger partial charge in [-0.25, -0.2) is 0 Å². The Morgan fingerprint density at radius 1 is 0.882 bits per heavy atom. The van der Waals surface area contributed by atoms with Crippen molar-refractivity contribution in [3.8, 4) is 5.75 Å². The summed E-state index contributed by atoms with van der Waals surface area (Å²) in [5, 5.41) is 0. The third kappa shape index (κ3) is 6.69. The summed E-state index contributed by atoms with van der Waals surface area (Å²) in [6, 6.07) is 15.4. The second-order valence-electron chi connectivity index (χ2n) is 9.45. The summed E-state index contributed by atoms with van der Waals surface area (Å²) < 4.78 is 11.3. The van der Waals surface area contributed by atoms with E-state index in [1.54, 1.807) is 18.2 Å². The molecule has 0 heterocycles.